The molecule has 0 atom stereocenters. The Kier molecular flexibility index (Phi) is 6.20. The van der Waals surface area contributed by atoms with Crippen LogP contribution in [0, 0.1) is 20.8 Å². The smallest absolute Gasteiger partial charge is 0.254 e. The van der Waals surface area contributed by atoms with E-state index < -0.39 is 0 Å². The average molecular weight is 518 g/mol. The van der Waals surface area contributed by atoms with Crippen LogP contribution in [-0.2, 0) is 13.7 Å². The van der Waals surface area contributed by atoms with E-state index in [-0.39, 0.29) is 6.61 Å². The Bertz CT molecular complexity index is 1760. The number of benzene rings is 3. The Balaban J connectivity index is 1.44. The van der Waals surface area contributed by atoms with E-state index in [2.05, 4.69) is 26.6 Å². The monoisotopic (exact) mass is 517 g/mol. The average Bonchev–Trinajstić information content (AvgIpc) is 3.65. The molecule has 0 aliphatic heterocycles. The lowest BCUT2D eigenvalue weighted by Crippen LogP contribution is -2.09. The fourth-order valence-electron chi connectivity index (χ4n) is 4.45. The number of aryl methyl sites for hydroxylation is 2. The summed E-state index contributed by atoms with van der Waals surface area (Å²) in [6.07, 6.45) is 0. The summed E-state index contributed by atoms with van der Waals surface area (Å²) in [5.74, 6) is 2.99. The third kappa shape index (κ3) is 4.56. The van der Waals surface area contributed by atoms with Gasteiger partial charge in [0.2, 0.25) is 0 Å². The SMILES string of the molecule is Cc1cccc(-n2nnc(-c3nc(COc4ccccc4C)nn3-c3nnc(-c4ccccc4)n3C)c2C)c1. The molecule has 0 bridgehead atoms. The summed E-state index contributed by atoms with van der Waals surface area (Å²) < 4.78 is 11.4. The molecule has 0 amide bonds. The second kappa shape index (κ2) is 9.97. The first-order chi connectivity index (χ1) is 19.0. The summed E-state index contributed by atoms with van der Waals surface area (Å²) in [5.41, 5.74) is 5.46. The fraction of sp³-hybridized carbons (Fsp3) is 0.172. The fourth-order valence-corrected chi connectivity index (χ4v) is 4.45. The molecule has 0 aliphatic carbocycles. The number of hydrogen-bond acceptors (Lipinski definition) is 7. The molecule has 6 rings (SSSR count). The van der Waals surface area contributed by atoms with E-state index in [9.17, 15) is 0 Å². The van der Waals surface area contributed by atoms with E-state index in [1.165, 1.54) is 0 Å². The van der Waals surface area contributed by atoms with E-state index >= 15 is 0 Å². The molecule has 10 heteroatoms. The molecule has 0 aliphatic rings. The molecule has 39 heavy (non-hydrogen) atoms. The summed E-state index contributed by atoms with van der Waals surface area (Å²) in [7, 11) is 1.91. The lowest BCUT2D eigenvalue weighted by Gasteiger charge is -2.07. The molecule has 0 saturated heterocycles. The van der Waals surface area contributed by atoms with Gasteiger partial charge in [0.25, 0.3) is 5.95 Å². The van der Waals surface area contributed by atoms with Crippen LogP contribution in [0.25, 0.3) is 34.5 Å². The highest BCUT2D eigenvalue weighted by atomic mass is 16.5. The number of rotatable bonds is 7. The molecule has 0 N–H and O–H groups in total. The van der Waals surface area contributed by atoms with Crippen molar-refractivity contribution in [3.05, 3.63) is 102 Å². The summed E-state index contributed by atoms with van der Waals surface area (Å²) in [4.78, 5) is 4.84. The Hall–Kier alpha value is -5.12. The van der Waals surface area contributed by atoms with Crippen molar-refractivity contribution in [3.8, 4) is 40.3 Å². The van der Waals surface area contributed by atoms with Crippen molar-refractivity contribution in [2.45, 2.75) is 27.4 Å². The second-order valence-corrected chi connectivity index (χ2v) is 9.34. The van der Waals surface area contributed by atoms with Crippen molar-refractivity contribution < 1.29 is 4.74 Å². The third-order valence-corrected chi connectivity index (χ3v) is 6.53. The molecule has 0 fully saturated rings. The molecule has 3 heterocycles. The van der Waals surface area contributed by atoms with Gasteiger partial charge < -0.3 is 4.74 Å². The highest BCUT2D eigenvalue weighted by molar-refractivity contribution is 5.58. The maximum Gasteiger partial charge on any atom is 0.254 e. The molecule has 194 valence electrons. The summed E-state index contributed by atoms with van der Waals surface area (Å²) in [6.45, 7) is 6.20. The Morgan fingerprint density at radius 3 is 2.36 bits per heavy atom. The van der Waals surface area contributed by atoms with Crippen LogP contribution in [0.1, 0.15) is 22.6 Å². The minimum Gasteiger partial charge on any atom is -0.485 e. The first kappa shape index (κ1) is 24.2. The van der Waals surface area contributed by atoms with Crippen LogP contribution in [0.4, 0.5) is 0 Å². The topological polar surface area (TPSA) is 101 Å². The Labute approximate surface area is 225 Å². The molecular weight excluding hydrogens is 490 g/mol. The lowest BCUT2D eigenvalue weighted by atomic mass is 10.2. The lowest BCUT2D eigenvalue weighted by molar-refractivity contribution is 0.294. The Morgan fingerprint density at radius 2 is 1.56 bits per heavy atom. The molecule has 3 aromatic carbocycles. The standard InChI is InChI=1S/C29H27N9O/c1-19-11-10-15-23(17-19)37-21(3)26(31-35-37)28-30-25(18-39-24-16-9-8-12-20(24)2)34-38(28)29-33-32-27(36(29)4)22-13-6-5-7-14-22/h5-17H,18H2,1-4H3. The van der Waals surface area contributed by atoms with Crippen LogP contribution in [0.2, 0.25) is 0 Å². The quantitative estimate of drug-likeness (QED) is 0.299. The van der Waals surface area contributed by atoms with Crippen LogP contribution < -0.4 is 4.74 Å². The van der Waals surface area contributed by atoms with Gasteiger partial charge in [-0.25, -0.2) is 9.67 Å². The van der Waals surface area contributed by atoms with Crippen LogP contribution in [0.15, 0.2) is 78.9 Å². The number of para-hydroxylation sites is 1. The van der Waals surface area contributed by atoms with Gasteiger partial charge in [-0.15, -0.1) is 20.4 Å². The predicted molar refractivity (Wildman–Crippen MR) is 147 cm³/mol. The minimum absolute atomic E-state index is 0.180. The van der Waals surface area contributed by atoms with Crippen molar-refractivity contribution in [2.24, 2.45) is 7.05 Å². The zero-order chi connectivity index (χ0) is 26.9. The van der Waals surface area contributed by atoms with E-state index in [1.54, 1.807) is 9.36 Å². The molecule has 10 nitrogen and oxygen atoms in total. The van der Waals surface area contributed by atoms with Gasteiger partial charge in [-0.05, 0) is 50.1 Å². The minimum atomic E-state index is 0.180. The van der Waals surface area contributed by atoms with Gasteiger partial charge in [0, 0.05) is 12.6 Å². The highest BCUT2D eigenvalue weighted by Crippen LogP contribution is 2.26. The maximum absolute atomic E-state index is 6.06. The van der Waals surface area contributed by atoms with Gasteiger partial charge >= 0.3 is 0 Å². The molecule has 0 unspecified atom stereocenters. The molecule has 0 radical (unpaired) electrons. The Morgan fingerprint density at radius 1 is 0.769 bits per heavy atom. The zero-order valence-corrected chi connectivity index (χ0v) is 22.1. The molecule has 0 spiro atoms. The van der Waals surface area contributed by atoms with Crippen LogP contribution >= 0.6 is 0 Å². The first-order valence-corrected chi connectivity index (χ1v) is 12.6. The number of nitrogens with zero attached hydrogens (tertiary/aromatic N) is 9. The van der Waals surface area contributed by atoms with Gasteiger partial charge in [-0.1, -0.05) is 65.9 Å². The summed E-state index contributed by atoms with van der Waals surface area (Å²) >= 11 is 0. The first-order valence-electron chi connectivity index (χ1n) is 12.6. The normalized spacial score (nSPS) is 11.2. The van der Waals surface area contributed by atoms with E-state index in [0.717, 1.165) is 33.8 Å². The van der Waals surface area contributed by atoms with Crippen molar-refractivity contribution in [3.63, 3.8) is 0 Å². The van der Waals surface area contributed by atoms with E-state index in [1.807, 2.05) is 105 Å². The molecule has 3 aromatic heterocycles. The van der Waals surface area contributed by atoms with Gasteiger partial charge in [0.15, 0.2) is 23.2 Å². The van der Waals surface area contributed by atoms with Crippen molar-refractivity contribution in [1.82, 2.24) is 44.5 Å². The summed E-state index contributed by atoms with van der Waals surface area (Å²) in [6, 6.07) is 25.9. The second-order valence-electron chi connectivity index (χ2n) is 9.34. The van der Waals surface area contributed by atoms with Crippen molar-refractivity contribution >= 4 is 0 Å². The van der Waals surface area contributed by atoms with Crippen LogP contribution in [0.3, 0.4) is 0 Å². The zero-order valence-electron chi connectivity index (χ0n) is 22.1. The van der Waals surface area contributed by atoms with Crippen LogP contribution in [-0.4, -0.2) is 44.5 Å². The van der Waals surface area contributed by atoms with E-state index in [0.29, 0.717) is 29.1 Å². The van der Waals surface area contributed by atoms with E-state index in [4.69, 9.17) is 14.8 Å². The van der Waals surface area contributed by atoms with Gasteiger partial charge in [-0.2, -0.15) is 4.68 Å². The van der Waals surface area contributed by atoms with Crippen LogP contribution in [0.5, 0.6) is 5.75 Å². The number of aromatic nitrogens is 9. The maximum atomic E-state index is 6.06. The number of ether oxygens (including phenoxy) is 1. The number of hydrogen-bond donors (Lipinski definition) is 0. The van der Waals surface area contributed by atoms with Gasteiger partial charge in [-0.3, -0.25) is 4.57 Å². The van der Waals surface area contributed by atoms with Gasteiger partial charge in [0.05, 0.1) is 11.4 Å². The van der Waals surface area contributed by atoms with Crippen molar-refractivity contribution in [2.75, 3.05) is 0 Å². The third-order valence-electron chi connectivity index (χ3n) is 6.53. The molecule has 6 aromatic rings. The molecular formula is C29H27N9O. The highest BCUT2D eigenvalue weighted by Gasteiger charge is 2.24. The molecule has 0 saturated carbocycles. The van der Waals surface area contributed by atoms with Gasteiger partial charge in [0.1, 0.15) is 12.4 Å². The predicted octanol–water partition coefficient (Wildman–Crippen LogP) is 4.81. The largest absolute Gasteiger partial charge is 0.485 e. The van der Waals surface area contributed by atoms with Crippen molar-refractivity contribution in [1.29, 1.82) is 0 Å². The summed E-state index contributed by atoms with van der Waals surface area (Å²) in [5, 5.41) is 22.7.